The summed E-state index contributed by atoms with van der Waals surface area (Å²) in [5.41, 5.74) is 7.86. The molecule has 0 fully saturated rings. The molecule has 0 amide bonds. The van der Waals surface area contributed by atoms with Gasteiger partial charge in [-0.3, -0.25) is 0 Å². The van der Waals surface area contributed by atoms with E-state index >= 15 is 0 Å². The Labute approximate surface area is 101 Å². The Kier molecular flexibility index (Phi) is 3.55. The summed E-state index contributed by atoms with van der Waals surface area (Å²) in [6.45, 7) is 2.80. The van der Waals surface area contributed by atoms with Crippen LogP contribution in [0, 0.1) is 6.92 Å². The normalized spacial score (nSPS) is 10.2. The second-order valence-corrected chi connectivity index (χ2v) is 3.92. The van der Waals surface area contributed by atoms with Gasteiger partial charge in [-0.25, -0.2) is 4.98 Å². The number of anilines is 2. The minimum atomic E-state index is 0.304. The van der Waals surface area contributed by atoms with Crippen molar-refractivity contribution < 1.29 is 0 Å². The zero-order chi connectivity index (χ0) is 12.1. The van der Waals surface area contributed by atoms with Gasteiger partial charge in [0.05, 0.1) is 0 Å². The number of aromatic nitrogens is 2. The van der Waals surface area contributed by atoms with Gasteiger partial charge in [-0.1, -0.05) is 30.3 Å². The first kappa shape index (κ1) is 11.4. The molecule has 3 N–H and O–H groups in total. The van der Waals surface area contributed by atoms with Crippen molar-refractivity contribution in [3.8, 4) is 0 Å². The van der Waals surface area contributed by atoms with E-state index in [9.17, 15) is 0 Å². The summed E-state index contributed by atoms with van der Waals surface area (Å²) in [7, 11) is 0. The molecule has 1 heterocycles. The summed E-state index contributed by atoms with van der Waals surface area (Å²) < 4.78 is 0. The highest BCUT2D eigenvalue weighted by Gasteiger charge is 2.00. The van der Waals surface area contributed by atoms with Crippen LogP contribution in [0.5, 0.6) is 0 Å². The summed E-state index contributed by atoms with van der Waals surface area (Å²) in [6, 6.07) is 10.3. The topological polar surface area (TPSA) is 63.8 Å². The lowest BCUT2D eigenvalue weighted by Gasteiger charge is -2.08. The number of hydrogen-bond acceptors (Lipinski definition) is 4. The molecule has 1 aromatic carbocycles. The van der Waals surface area contributed by atoms with Crippen LogP contribution in [0.15, 0.2) is 36.5 Å². The third-order valence-electron chi connectivity index (χ3n) is 2.54. The van der Waals surface area contributed by atoms with Crippen molar-refractivity contribution >= 4 is 11.8 Å². The molecule has 0 aliphatic carbocycles. The fourth-order valence-corrected chi connectivity index (χ4v) is 1.60. The van der Waals surface area contributed by atoms with Gasteiger partial charge < -0.3 is 11.1 Å². The first-order chi connectivity index (χ1) is 8.25. The summed E-state index contributed by atoms with van der Waals surface area (Å²) in [5, 5.41) is 3.27. The molecule has 1 aromatic heterocycles. The fourth-order valence-electron chi connectivity index (χ4n) is 1.60. The Bertz CT molecular complexity index is 482. The Hall–Kier alpha value is -2.10. The van der Waals surface area contributed by atoms with Crippen molar-refractivity contribution in [3.63, 3.8) is 0 Å². The van der Waals surface area contributed by atoms with Gasteiger partial charge in [0.25, 0.3) is 0 Å². The van der Waals surface area contributed by atoms with Gasteiger partial charge in [0, 0.05) is 18.3 Å². The van der Waals surface area contributed by atoms with Crippen LogP contribution < -0.4 is 11.1 Å². The molecule has 0 aliphatic heterocycles. The summed E-state index contributed by atoms with van der Waals surface area (Å²) in [4.78, 5) is 8.09. The number of nitrogens with one attached hydrogen (secondary N) is 1. The average Bonchev–Trinajstić information content (AvgIpc) is 2.35. The van der Waals surface area contributed by atoms with Crippen molar-refractivity contribution in [2.75, 3.05) is 17.6 Å². The van der Waals surface area contributed by atoms with Gasteiger partial charge in [-0.15, -0.1) is 0 Å². The van der Waals surface area contributed by atoms with Crippen molar-refractivity contribution in [1.82, 2.24) is 9.97 Å². The van der Waals surface area contributed by atoms with E-state index in [1.54, 1.807) is 6.20 Å². The fraction of sp³-hybridized carbons (Fsp3) is 0.231. The van der Waals surface area contributed by atoms with Crippen LogP contribution >= 0.6 is 0 Å². The Balaban J connectivity index is 1.92. The van der Waals surface area contributed by atoms with Crippen molar-refractivity contribution in [3.05, 3.63) is 47.7 Å². The van der Waals surface area contributed by atoms with Gasteiger partial charge in [-0.2, -0.15) is 4.98 Å². The van der Waals surface area contributed by atoms with Crippen LogP contribution in [-0.2, 0) is 6.42 Å². The molecule has 17 heavy (non-hydrogen) atoms. The van der Waals surface area contributed by atoms with E-state index in [0.717, 1.165) is 24.3 Å². The number of nitrogens with zero attached hydrogens (tertiary/aromatic N) is 2. The lowest BCUT2D eigenvalue weighted by atomic mass is 10.1. The zero-order valence-corrected chi connectivity index (χ0v) is 9.85. The minimum Gasteiger partial charge on any atom is -0.369 e. The summed E-state index contributed by atoms with van der Waals surface area (Å²) >= 11 is 0. The molecule has 4 heteroatoms. The molecular formula is C13H16N4. The Morgan fingerprint density at radius 2 is 2.00 bits per heavy atom. The summed E-state index contributed by atoms with van der Waals surface area (Å²) in [5.74, 6) is 1.12. The molecule has 0 aliphatic rings. The molecule has 0 atom stereocenters. The molecular weight excluding hydrogens is 212 g/mol. The second kappa shape index (κ2) is 5.30. The summed E-state index contributed by atoms with van der Waals surface area (Å²) in [6.07, 6.45) is 2.69. The van der Waals surface area contributed by atoms with Gasteiger partial charge in [-0.05, 0) is 18.9 Å². The SMILES string of the molecule is Cc1cnc(N)nc1NCCc1ccccc1. The largest absolute Gasteiger partial charge is 0.369 e. The van der Waals surface area contributed by atoms with Crippen LogP contribution in [0.1, 0.15) is 11.1 Å². The average molecular weight is 228 g/mol. The van der Waals surface area contributed by atoms with Crippen LogP contribution in [0.2, 0.25) is 0 Å². The Morgan fingerprint density at radius 3 is 2.76 bits per heavy atom. The highest BCUT2D eigenvalue weighted by molar-refractivity contribution is 5.45. The van der Waals surface area contributed by atoms with Crippen molar-refractivity contribution in [2.45, 2.75) is 13.3 Å². The third-order valence-corrected chi connectivity index (χ3v) is 2.54. The Morgan fingerprint density at radius 1 is 1.24 bits per heavy atom. The number of benzene rings is 1. The van der Waals surface area contributed by atoms with E-state index in [1.165, 1.54) is 5.56 Å². The predicted octanol–water partition coefficient (Wildman–Crippen LogP) is 2.02. The van der Waals surface area contributed by atoms with E-state index in [2.05, 4.69) is 27.4 Å². The molecule has 0 saturated carbocycles. The predicted molar refractivity (Wildman–Crippen MR) is 69.8 cm³/mol. The maximum atomic E-state index is 5.55. The maximum absolute atomic E-state index is 5.55. The molecule has 2 rings (SSSR count). The lowest BCUT2D eigenvalue weighted by molar-refractivity contribution is 0.994. The number of nitrogen functional groups attached to an aromatic ring is 1. The van der Waals surface area contributed by atoms with Crippen LogP contribution in [0.25, 0.3) is 0 Å². The van der Waals surface area contributed by atoms with Gasteiger partial charge in [0.2, 0.25) is 5.95 Å². The van der Waals surface area contributed by atoms with E-state index in [1.807, 2.05) is 25.1 Å². The van der Waals surface area contributed by atoms with Crippen LogP contribution in [0.3, 0.4) is 0 Å². The smallest absolute Gasteiger partial charge is 0.221 e. The number of aryl methyl sites for hydroxylation is 1. The van der Waals surface area contributed by atoms with E-state index in [-0.39, 0.29) is 0 Å². The number of hydrogen-bond donors (Lipinski definition) is 2. The molecule has 0 bridgehead atoms. The minimum absolute atomic E-state index is 0.304. The van der Waals surface area contributed by atoms with Crippen LogP contribution in [0.4, 0.5) is 11.8 Å². The molecule has 0 spiro atoms. The molecule has 0 saturated heterocycles. The van der Waals surface area contributed by atoms with Gasteiger partial charge in [0.15, 0.2) is 0 Å². The van der Waals surface area contributed by atoms with Crippen molar-refractivity contribution in [2.24, 2.45) is 0 Å². The molecule has 88 valence electrons. The van der Waals surface area contributed by atoms with Crippen LogP contribution in [-0.4, -0.2) is 16.5 Å². The monoisotopic (exact) mass is 228 g/mol. The zero-order valence-electron chi connectivity index (χ0n) is 9.85. The first-order valence-corrected chi connectivity index (χ1v) is 5.62. The van der Waals surface area contributed by atoms with E-state index in [0.29, 0.717) is 5.95 Å². The molecule has 0 radical (unpaired) electrons. The quantitative estimate of drug-likeness (QED) is 0.840. The van der Waals surface area contributed by atoms with Gasteiger partial charge in [0.1, 0.15) is 5.82 Å². The van der Waals surface area contributed by atoms with E-state index < -0.39 is 0 Å². The number of rotatable bonds is 4. The third kappa shape index (κ3) is 3.17. The number of nitrogens with two attached hydrogens (primary N) is 1. The van der Waals surface area contributed by atoms with Gasteiger partial charge >= 0.3 is 0 Å². The first-order valence-electron chi connectivity index (χ1n) is 5.62. The maximum Gasteiger partial charge on any atom is 0.221 e. The standard InChI is InChI=1S/C13H16N4/c1-10-9-16-13(14)17-12(10)15-8-7-11-5-3-2-4-6-11/h2-6,9H,7-8H2,1H3,(H3,14,15,16,17). The molecule has 2 aromatic rings. The molecule has 0 unspecified atom stereocenters. The highest BCUT2D eigenvalue weighted by Crippen LogP contribution is 2.10. The molecule has 4 nitrogen and oxygen atoms in total. The van der Waals surface area contributed by atoms with Crippen molar-refractivity contribution in [1.29, 1.82) is 0 Å². The highest BCUT2D eigenvalue weighted by atomic mass is 15.1. The lowest BCUT2D eigenvalue weighted by Crippen LogP contribution is -2.09. The van der Waals surface area contributed by atoms with E-state index in [4.69, 9.17) is 5.73 Å². The second-order valence-electron chi connectivity index (χ2n) is 3.92.